The highest BCUT2D eigenvalue weighted by Gasteiger charge is 2.00. The van der Waals surface area contributed by atoms with Gasteiger partial charge in [0.2, 0.25) is 0 Å². The molecule has 0 rings (SSSR count). The van der Waals surface area contributed by atoms with Crippen LogP contribution in [-0.4, -0.2) is 46.3 Å². The van der Waals surface area contributed by atoms with Crippen molar-refractivity contribution in [1.82, 2.24) is 0 Å². The minimum Gasteiger partial charge on any atom is -0.478 e. The van der Waals surface area contributed by atoms with Crippen molar-refractivity contribution in [1.29, 1.82) is 0 Å². The Morgan fingerprint density at radius 3 is 1.67 bits per heavy atom. The third-order valence-electron chi connectivity index (χ3n) is 1.24. The van der Waals surface area contributed by atoms with Crippen LogP contribution in [0.15, 0.2) is 23.8 Å². The first-order chi connectivity index (χ1) is 8.20. The van der Waals surface area contributed by atoms with Crippen LogP contribution in [0.1, 0.15) is 6.92 Å². The molecule has 0 bridgehead atoms. The zero-order valence-electron chi connectivity index (χ0n) is 9.61. The normalized spacial score (nSPS) is 10.2. The Hall–Kier alpha value is -2.64. The van der Waals surface area contributed by atoms with E-state index >= 15 is 0 Å². The van der Waals surface area contributed by atoms with Gasteiger partial charge in [0.15, 0.2) is 0 Å². The third-order valence-corrected chi connectivity index (χ3v) is 1.24. The number of hydrogen-bond donors (Lipinski definition) is 3. The van der Waals surface area contributed by atoms with Crippen LogP contribution < -0.4 is 0 Å². The number of methoxy groups -OCH3 is 1. The van der Waals surface area contributed by atoms with Gasteiger partial charge in [0.25, 0.3) is 0 Å². The van der Waals surface area contributed by atoms with Gasteiger partial charge in [-0.3, -0.25) is 0 Å². The van der Waals surface area contributed by atoms with E-state index in [1.54, 1.807) is 0 Å². The van der Waals surface area contributed by atoms with Gasteiger partial charge in [0.1, 0.15) is 0 Å². The van der Waals surface area contributed by atoms with Crippen LogP contribution in [0.25, 0.3) is 0 Å². The van der Waals surface area contributed by atoms with E-state index in [-0.39, 0.29) is 5.57 Å². The lowest BCUT2D eigenvalue weighted by Gasteiger charge is -1.86. The average Bonchev–Trinajstić information content (AvgIpc) is 2.25. The summed E-state index contributed by atoms with van der Waals surface area (Å²) in [5.74, 6) is -4.29. The van der Waals surface area contributed by atoms with E-state index in [0.717, 1.165) is 6.08 Å². The molecule has 0 atom stereocenters. The van der Waals surface area contributed by atoms with Gasteiger partial charge in [0, 0.05) is 23.8 Å². The molecule has 0 fully saturated rings. The minimum absolute atomic E-state index is 0.178. The summed E-state index contributed by atoms with van der Waals surface area (Å²) in [7, 11) is 1.18. The number of carbonyl (C=O) groups excluding carboxylic acids is 1. The van der Waals surface area contributed by atoms with E-state index in [1.807, 2.05) is 0 Å². The fraction of sp³-hybridized carbons (Fsp3) is 0.200. The smallest absolute Gasteiger partial charge is 0.331 e. The summed E-state index contributed by atoms with van der Waals surface area (Å²) < 4.78 is 4.11. The lowest BCUT2D eigenvalue weighted by molar-refractivity contribution is -0.136. The van der Waals surface area contributed by atoms with Gasteiger partial charge in [-0.2, -0.15) is 0 Å². The molecule has 0 aliphatic heterocycles. The van der Waals surface area contributed by atoms with Crippen molar-refractivity contribution < 1.29 is 39.2 Å². The largest absolute Gasteiger partial charge is 0.478 e. The first-order valence-electron chi connectivity index (χ1n) is 4.34. The number of carbonyl (C=O) groups is 4. The Kier molecular flexibility index (Phi) is 9.44. The Balaban J connectivity index is 0. The summed E-state index contributed by atoms with van der Waals surface area (Å²) in [4.78, 5) is 39.5. The Labute approximate surface area is 102 Å². The summed E-state index contributed by atoms with van der Waals surface area (Å²) in [5, 5.41) is 24.1. The molecule has 8 nitrogen and oxygen atoms in total. The van der Waals surface area contributed by atoms with E-state index in [1.165, 1.54) is 14.0 Å². The topological polar surface area (TPSA) is 138 Å². The number of carboxylic acid groups (broad SMARTS) is 3. The summed E-state index contributed by atoms with van der Waals surface area (Å²) >= 11 is 0. The highest BCUT2D eigenvalue weighted by Crippen LogP contribution is 1.89. The van der Waals surface area contributed by atoms with E-state index in [0.29, 0.717) is 12.2 Å². The SMILES string of the molecule is CC(=CC(=O)O)C(=O)O.COC(=O)C=CC(=O)O. The summed E-state index contributed by atoms with van der Waals surface area (Å²) in [5.41, 5.74) is -0.178. The molecule has 0 aliphatic rings. The van der Waals surface area contributed by atoms with Crippen LogP contribution in [0.4, 0.5) is 0 Å². The predicted molar refractivity (Wildman–Crippen MR) is 57.8 cm³/mol. The Bertz CT molecular complexity index is 389. The second-order valence-electron chi connectivity index (χ2n) is 2.67. The third kappa shape index (κ3) is 13.4. The molecule has 0 aromatic rings. The highest BCUT2D eigenvalue weighted by molar-refractivity contribution is 5.94. The van der Waals surface area contributed by atoms with Crippen molar-refractivity contribution in [3.63, 3.8) is 0 Å². The molecule has 0 radical (unpaired) electrons. The van der Waals surface area contributed by atoms with Gasteiger partial charge in [-0.1, -0.05) is 0 Å². The molecule has 100 valence electrons. The number of hydrogen-bond acceptors (Lipinski definition) is 5. The van der Waals surface area contributed by atoms with Gasteiger partial charge < -0.3 is 20.1 Å². The van der Waals surface area contributed by atoms with Crippen molar-refractivity contribution in [3.8, 4) is 0 Å². The molecular formula is C10H12O8. The first kappa shape index (κ1) is 17.7. The van der Waals surface area contributed by atoms with Crippen LogP contribution in [0, 0.1) is 0 Å². The summed E-state index contributed by atoms with van der Waals surface area (Å²) in [6.07, 6.45) is 2.19. The van der Waals surface area contributed by atoms with Crippen molar-refractivity contribution in [2.24, 2.45) is 0 Å². The molecule has 0 aromatic heterocycles. The predicted octanol–water partition coefficient (Wildman–Crippen LogP) is -0.0979. The number of esters is 1. The van der Waals surface area contributed by atoms with Gasteiger partial charge in [0.05, 0.1) is 7.11 Å². The number of carboxylic acids is 3. The van der Waals surface area contributed by atoms with Crippen molar-refractivity contribution >= 4 is 23.9 Å². The fourth-order valence-corrected chi connectivity index (χ4v) is 0.454. The van der Waals surface area contributed by atoms with Gasteiger partial charge in [-0.05, 0) is 6.92 Å². The summed E-state index contributed by atoms with van der Waals surface area (Å²) in [6.45, 7) is 1.22. The molecule has 0 aromatic carbocycles. The molecule has 0 aliphatic carbocycles. The molecule has 18 heavy (non-hydrogen) atoms. The van der Waals surface area contributed by atoms with Crippen molar-refractivity contribution in [3.05, 3.63) is 23.8 Å². The second-order valence-corrected chi connectivity index (χ2v) is 2.67. The van der Waals surface area contributed by atoms with Gasteiger partial charge in [-0.15, -0.1) is 0 Å². The number of rotatable bonds is 4. The molecule has 0 amide bonds. The van der Waals surface area contributed by atoms with E-state index in [4.69, 9.17) is 15.3 Å². The minimum atomic E-state index is -1.24. The maximum Gasteiger partial charge on any atom is 0.331 e. The van der Waals surface area contributed by atoms with Gasteiger partial charge >= 0.3 is 23.9 Å². The Morgan fingerprint density at radius 2 is 1.44 bits per heavy atom. The highest BCUT2D eigenvalue weighted by atomic mass is 16.5. The molecule has 0 heterocycles. The molecule has 0 spiro atoms. The zero-order chi connectivity index (χ0) is 14.7. The van der Waals surface area contributed by atoms with E-state index in [2.05, 4.69) is 4.74 Å². The lowest BCUT2D eigenvalue weighted by Crippen LogP contribution is -1.99. The molecule has 0 unspecified atom stereocenters. The lowest BCUT2D eigenvalue weighted by atomic mass is 10.3. The molecule has 0 saturated carbocycles. The van der Waals surface area contributed by atoms with Crippen LogP contribution in [0.2, 0.25) is 0 Å². The average molecular weight is 260 g/mol. The fourth-order valence-electron chi connectivity index (χ4n) is 0.454. The van der Waals surface area contributed by atoms with Crippen LogP contribution >= 0.6 is 0 Å². The van der Waals surface area contributed by atoms with E-state index in [9.17, 15) is 19.2 Å². The van der Waals surface area contributed by atoms with Crippen LogP contribution in [-0.2, 0) is 23.9 Å². The second kappa shape index (κ2) is 9.58. The Morgan fingerprint density at radius 1 is 0.944 bits per heavy atom. The monoisotopic (exact) mass is 260 g/mol. The maximum absolute atomic E-state index is 10.1. The molecule has 3 N–H and O–H groups in total. The standard InChI is InChI=1S/2C5H6O4/c1-9-5(8)3-2-4(6)7;1-3(5(8)9)2-4(6)7/h2-3H,1H3,(H,6,7);2H,1H3,(H,6,7)(H,8,9). The molecule has 8 heteroatoms. The maximum atomic E-state index is 10.1. The zero-order valence-corrected chi connectivity index (χ0v) is 9.61. The van der Waals surface area contributed by atoms with E-state index < -0.39 is 23.9 Å². The van der Waals surface area contributed by atoms with Crippen LogP contribution in [0.5, 0.6) is 0 Å². The van der Waals surface area contributed by atoms with Crippen molar-refractivity contribution in [2.45, 2.75) is 6.92 Å². The number of aliphatic carboxylic acids is 3. The first-order valence-corrected chi connectivity index (χ1v) is 4.34. The van der Waals surface area contributed by atoms with Crippen LogP contribution in [0.3, 0.4) is 0 Å². The number of ether oxygens (including phenoxy) is 1. The molecular weight excluding hydrogens is 248 g/mol. The summed E-state index contributed by atoms with van der Waals surface area (Å²) in [6, 6.07) is 0. The quantitative estimate of drug-likeness (QED) is 0.470. The molecule has 0 saturated heterocycles. The van der Waals surface area contributed by atoms with Gasteiger partial charge in [-0.25, -0.2) is 19.2 Å². The van der Waals surface area contributed by atoms with Crippen molar-refractivity contribution in [2.75, 3.05) is 7.11 Å².